The Kier molecular flexibility index (Phi) is 8.93. The van der Waals surface area contributed by atoms with Crippen molar-refractivity contribution < 1.29 is 32.3 Å². The van der Waals surface area contributed by atoms with Gasteiger partial charge >= 0.3 is 12.1 Å². The smallest absolute Gasteiger partial charge is 0.416 e. The van der Waals surface area contributed by atoms with E-state index in [9.17, 15) is 27.6 Å². The molecule has 1 N–H and O–H groups in total. The first kappa shape index (κ1) is 28.2. The maximum atomic E-state index is 13.5. The van der Waals surface area contributed by atoms with Gasteiger partial charge in [0, 0.05) is 42.7 Å². The molecule has 1 aromatic heterocycles. The summed E-state index contributed by atoms with van der Waals surface area (Å²) in [6, 6.07) is 12.5. The van der Waals surface area contributed by atoms with E-state index < -0.39 is 17.7 Å². The van der Waals surface area contributed by atoms with Gasteiger partial charge in [-0.15, -0.1) is 0 Å². The van der Waals surface area contributed by atoms with E-state index in [2.05, 4.69) is 4.98 Å². The highest BCUT2D eigenvalue weighted by Gasteiger charge is 2.35. The van der Waals surface area contributed by atoms with Crippen molar-refractivity contribution in [3.05, 3.63) is 71.4 Å². The SMILES string of the molecule is CCOC(=O)CCC(=O)N(CC(=O)N(CCc1c[nH]c2ccccc12)Cc1ccc(C(F)(F)F)cc1)C1CC1. The van der Waals surface area contributed by atoms with Gasteiger partial charge in [-0.2, -0.15) is 13.2 Å². The monoisotopic (exact) mass is 543 g/mol. The Morgan fingerprint density at radius 1 is 1.00 bits per heavy atom. The Labute approximate surface area is 224 Å². The third kappa shape index (κ3) is 7.61. The molecular formula is C29H32F3N3O4. The first-order valence-corrected chi connectivity index (χ1v) is 13.1. The number of aromatic nitrogens is 1. The Hall–Kier alpha value is -3.82. The van der Waals surface area contributed by atoms with Crippen LogP contribution < -0.4 is 0 Å². The molecule has 0 spiro atoms. The van der Waals surface area contributed by atoms with Gasteiger partial charge in [-0.05, 0) is 55.5 Å². The number of aromatic amines is 1. The van der Waals surface area contributed by atoms with E-state index in [1.807, 2.05) is 30.5 Å². The summed E-state index contributed by atoms with van der Waals surface area (Å²) in [5.74, 6) is -1.05. The van der Waals surface area contributed by atoms with Crippen LogP contribution in [0, 0.1) is 0 Å². The minimum absolute atomic E-state index is 0.0448. The van der Waals surface area contributed by atoms with Crippen LogP contribution in [0.1, 0.15) is 49.3 Å². The number of para-hydroxylation sites is 1. The summed E-state index contributed by atoms with van der Waals surface area (Å²) >= 11 is 0. The minimum atomic E-state index is -4.45. The number of carbonyl (C=O) groups is 3. The zero-order valence-electron chi connectivity index (χ0n) is 21.8. The predicted molar refractivity (Wildman–Crippen MR) is 139 cm³/mol. The lowest BCUT2D eigenvalue weighted by molar-refractivity contribution is -0.146. The van der Waals surface area contributed by atoms with Crippen molar-refractivity contribution >= 4 is 28.7 Å². The molecule has 0 saturated heterocycles. The minimum Gasteiger partial charge on any atom is -0.466 e. The maximum Gasteiger partial charge on any atom is 0.416 e. The van der Waals surface area contributed by atoms with Crippen LogP contribution in [0.15, 0.2) is 54.7 Å². The standard InChI is InChI=1S/C29H32F3N3O4/c1-2-39-28(38)14-13-26(36)35(23-11-12-23)19-27(37)34(18-20-7-9-22(10-8-20)29(30,31)32)16-15-21-17-33-25-6-4-3-5-24(21)25/h3-10,17,23,33H,2,11-16,18-19H2,1H3. The molecule has 0 aliphatic heterocycles. The fourth-order valence-corrected chi connectivity index (χ4v) is 4.54. The van der Waals surface area contributed by atoms with Gasteiger partial charge < -0.3 is 19.5 Å². The molecule has 1 fully saturated rings. The number of esters is 1. The molecule has 3 aromatic rings. The molecule has 2 aromatic carbocycles. The molecule has 1 heterocycles. The lowest BCUT2D eigenvalue weighted by Crippen LogP contribution is -2.44. The van der Waals surface area contributed by atoms with Crippen molar-refractivity contribution in [2.45, 2.75) is 57.8 Å². The number of alkyl halides is 3. The van der Waals surface area contributed by atoms with Gasteiger partial charge in [0.15, 0.2) is 0 Å². The second-order valence-electron chi connectivity index (χ2n) is 9.68. The molecule has 10 heteroatoms. The fraction of sp³-hybridized carbons (Fsp3) is 0.414. The number of carbonyl (C=O) groups excluding carboxylic acids is 3. The van der Waals surface area contributed by atoms with Crippen LogP contribution in [0.5, 0.6) is 0 Å². The zero-order chi connectivity index (χ0) is 28.0. The van der Waals surface area contributed by atoms with Gasteiger partial charge in [-0.1, -0.05) is 30.3 Å². The number of fused-ring (bicyclic) bond motifs is 1. The summed E-state index contributed by atoms with van der Waals surface area (Å²) in [6.45, 7) is 2.19. The summed E-state index contributed by atoms with van der Waals surface area (Å²) in [7, 11) is 0. The van der Waals surface area contributed by atoms with E-state index in [1.165, 1.54) is 17.0 Å². The summed E-state index contributed by atoms with van der Waals surface area (Å²) in [5.41, 5.74) is 1.79. The molecule has 7 nitrogen and oxygen atoms in total. The molecule has 39 heavy (non-hydrogen) atoms. The van der Waals surface area contributed by atoms with Crippen molar-refractivity contribution in [3.8, 4) is 0 Å². The topological polar surface area (TPSA) is 82.7 Å². The number of halogens is 3. The molecule has 2 amide bonds. The van der Waals surface area contributed by atoms with E-state index >= 15 is 0 Å². The third-order valence-electron chi connectivity index (χ3n) is 6.80. The average Bonchev–Trinajstić information content (AvgIpc) is 3.67. The van der Waals surface area contributed by atoms with E-state index in [0.29, 0.717) is 18.5 Å². The molecule has 0 unspecified atom stereocenters. The molecular weight excluding hydrogens is 511 g/mol. The normalized spacial score (nSPS) is 13.3. The number of rotatable bonds is 12. The average molecular weight is 544 g/mol. The number of amides is 2. The van der Waals surface area contributed by atoms with Gasteiger partial charge in [0.2, 0.25) is 11.8 Å². The van der Waals surface area contributed by atoms with Crippen LogP contribution >= 0.6 is 0 Å². The zero-order valence-corrected chi connectivity index (χ0v) is 21.8. The van der Waals surface area contributed by atoms with Crippen molar-refractivity contribution in [3.63, 3.8) is 0 Å². The second kappa shape index (κ2) is 12.4. The van der Waals surface area contributed by atoms with Crippen molar-refractivity contribution in [1.29, 1.82) is 0 Å². The van der Waals surface area contributed by atoms with Crippen LogP contribution in [0.25, 0.3) is 10.9 Å². The Morgan fingerprint density at radius 2 is 1.72 bits per heavy atom. The number of hydrogen-bond acceptors (Lipinski definition) is 4. The number of hydrogen-bond donors (Lipinski definition) is 1. The van der Waals surface area contributed by atoms with E-state index in [0.717, 1.165) is 41.4 Å². The Bertz CT molecular complexity index is 1300. The third-order valence-corrected chi connectivity index (χ3v) is 6.80. The van der Waals surface area contributed by atoms with Crippen LogP contribution in [0.4, 0.5) is 13.2 Å². The summed E-state index contributed by atoms with van der Waals surface area (Å²) in [5, 5.41) is 1.04. The van der Waals surface area contributed by atoms with E-state index in [1.54, 1.807) is 11.8 Å². The van der Waals surface area contributed by atoms with Gasteiger partial charge in [0.25, 0.3) is 0 Å². The lowest BCUT2D eigenvalue weighted by atomic mass is 10.1. The highest BCUT2D eigenvalue weighted by Crippen LogP contribution is 2.30. The van der Waals surface area contributed by atoms with Crippen LogP contribution in [-0.2, 0) is 38.3 Å². The molecule has 4 rings (SSSR count). The number of nitrogens with zero attached hydrogens (tertiary/aromatic N) is 2. The van der Waals surface area contributed by atoms with Crippen molar-refractivity contribution in [2.24, 2.45) is 0 Å². The van der Waals surface area contributed by atoms with Crippen molar-refractivity contribution in [1.82, 2.24) is 14.8 Å². The first-order valence-electron chi connectivity index (χ1n) is 13.1. The molecule has 1 aliphatic carbocycles. The van der Waals surface area contributed by atoms with Gasteiger partial charge in [0.1, 0.15) is 6.54 Å². The summed E-state index contributed by atoms with van der Waals surface area (Å²) in [6.07, 6.45) is -0.564. The predicted octanol–water partition coefficient (Wildman–Crippen LogP) is 5.09. The van der Waals surface area contributed by atoms with Crippen LogP contribution in [0.3, 0.4) is 0 Å². The number of ether oxygens (including phenoxy) is 1. The van der Waals surface area contributed by atoms with Gasteiger partial charge in [0.05, 0.1) is 18.6 Å². The number of benzene rings is 2. The van der Waals surface area contributed by atoms with Gasteiger partial charge in [-0.3, -0.25) is 14.4 Å². The van der Waals surface area contributed by atoms with Crippen LogP contribution in [-0.4, -0.2) is 58.3 Å². The number of nitrogens with one attached hydrogen (secondary N) is 1. The summed E-state index contributed by atoms with van der Waals surface area (Å²) < 4.78 is 44.0. The van der Waals surface area contributed by atoms with E-state index in [4.69, 9.17) is 4.74 Å². The Morgan fingerprint density at radius 3 is 2.38 bits per heavy atom. The molecule has 1 aliphatic rings. The quantitative estimate of drug-likeness (QED) is 0.323. The highest BCUT2D eigenvalue weighted by atomic mass is 19.4. The first-order chi connectivity index (χ1) is 18.7. The lowest BCUT2D eigenvalue weighted by Gasteiger charge is -2.28. The maximum absolute atomic E-state index is 13.5. The van der Waals surface area contributed by atoms with E-state index in [-0.39, 0.29) is 50.4 Å². The molecule has 1 saturated carbocycles. The number of H-pyrrole nitrogens is 1. The summed E-state index contributed by atoms with van der Waals surface area (Å²) in [4.78, 5) is 44.5. The van der Waals surface area contributed by atoms with Crippen LogP contribution in [0.2, 0.25) is 0 Å². The molecule has 0 bridgehead atoms. The highest BCUT2D eigenvalue weighted by molar-refractivity contribution is 5.87. The Balaban J connectivity index is 1.48. The second-order valence-corrected chi connectivity index (χ2v) is 9.68. The molecule has 0 radical (unpaired) electrons. The van der Waals surface area contributed by atoms with Crippen molar-refractivity contribution in [2.75, 3.05) is 19.7 Å². The van der Waals surface area contributed by atoms with Gasteiger partial charge in [-0.25, -0.2) is 0 Å². The largest absolute Gasteiger partial charge is 0.466 e. The molecule has 208 valence electrons. The fourth-order valence-electron chi connectivity index (χ4n) is 4.54. The molecule has 0 atom stereocenters.